The molecule has 2 atom stereocenters. The molecule has 138 valence electrons. The summed E-state index contributed by atoms with van der Waals surface area (Å²) < 4.78 is 7.36. The van der Waals surface area contributed by atoms with Gasteiger partial charge in [0.15, 0.2) is 0 Å². The van der Waals surface area contributed by atoms with E-state index in [1.807, 2.05) is 13.8 Å². The number of nitrogens with zero attached hydrogens (tertiary/aromatic N) is 3. The van der Waals surface area contributed by atoms with Crippen molar-refractivity contribution in [3.8, 4) is 5.75 Å². The van der Waals surface area contributed by atoms with E-state index in [0.717, 1.165) is 0 Å². The van der Waals surface area contributed by atoms with Gasteiger partial charge in [-0.25, -0.2) is 4.79 Å². The van der Waals surface area contributed by atoms with Gasteiger partial charge in [-0.3, -0.25) is 9.48 Å². The van der Waals surface area contributed by atoms with Gasteiger partial charge < -0.3 is 19.8 Å². The third-order valence-corrected chi connectivity index (χ3v) is 4.27. The third kappa shape index (κ3) is 3.55. The summed E-state index contributed by atoms with van der Waals surface area (Å²) in [5, 5.41) is 23.5. The number of aromatic nitrogens is 2. The maximum absolute atomic E-state index is 12.7. The van der Waals surface area contributed by atoms with Crippen molar-refractivity contribution in [1.29, 1.82) is 0 Å². The summed E-state index contributed by atoms with van der Waals surface area (Å²) in [6, 6.07) is 7.75. The number of amides is 1. The van der Waals surface area contributed by atoms with E-state index in [1.165, 1.54) is 17.0 Å². The third-order valence-electron chi connectivity index (χ3n) is 4.27. The molecule has 1 fully saturated rings. The van der Waals surface area contributed by atoms with Crippen molar-refractivity contribution in [1.82, 2.24) is 14.7 Å². The second kappa shape index (κ2) is 7.17. The lowest BCUT2D eigenvalue weighted by Gasteiger charge is -2.18. The SMILES string of the molecule is CC(C)n1nccc1C(=O)N1C[C@@H](O)[C@H](Oc2cccc(C(=O)O)c2)C1. The van der Waals surface area contributed by atoms with E-state index in [2.05, 4.69) is 5.10 Å². The Kier molecular flexibility index (Phi) is 4.94. The number of rotatable bonds is 5. The van der Waals surface area contributed by atoms with Crippen LogP contribution in [0.4, 0.5) is 0 Å². The van der Waals surface area contributed by atoms with Gasteiger partial charge in [0.25, 0.3) is 5.91 Å². The van der Waals surface area contributed by atoms with Gasteiger partial charge in [0.05, 0.1) is 18.7 Å². The van der Waals surface area contributed by atoms with Gasteiger partial charge in [0.1, 0.15) is 23.7 Å². The number of aliphatic hydroxyl groups excluding tert-OH is 1. The Hall–Kier alpha value is -2.87. The van der Waals surface area contributed by atoms with Gasteiger partial charge >= 0.3 is 5.97 Å². The first kappa shape index (κ1) is 17.9. The number of carboxylic acids is 1. The fourth-order valence-electron chi connectivity index (χ4n) is 2.97. The van der Waals surface area contributed by atoms with Crippen LogP contribution in [0.15, 0.2) is 36.5 Å². The van der Waals surface area contributed by atoms with E-state index in [-0.39, 0.29) is 30.6 Å². The highest BCUT2D eigenvalue weighted by Gasteiger charge is 2.37. The lowest BCUT2D eigenvalue weighted by Crippen LogP contribution is -2.32. The van der Waals surface area contributed by atoms with Gasteiger partial charge in [-0.2, -0.15) is 5.10 Å². The maximum atomic E-state index is 12.7. The molecule has 3 rings (SSSR count). The Morgan fingerprint density at radius 3 is 2.73 bits per heavy atom. The van der Waals surface area contributed by atoms with Crippen LogP contribution in [-0.4, -0.2) is 62.1 Å². The average Bonchev–Trinajstić information content (AvgIpc) is 3.22. The molecule has 1 amide bonds. The van der Waals surface area contributed by atoms with E-state index in [4.69, 9.17) is 9.84 Å². The van der Waals surface area contributed by atoms with E-state index >= 15 is 0 Å². The van der Waals surface area contributed by atoms with Crippen molar-refractivity contribution in [3.05, 3.63) is 47.8 Å². The highest BCUT2D eigenvalue weighted by atomic mass is 16.5. The van der Waals surface area contributed by atoms with Crippen LogP contribution in [0.1, 0.15) is 40.7 Å². The number of carbonyl (C=O) groups excluding carboxylic acids is 1. The van der Waals surface area contributed by atoms with E-state index in [0.29, 0.717) is 11.4 Å². The molecule has 1 aromatic heterocycles. The standard InChI is InChI=1S/C18H21N3O5/c1-11(2)21-14(6-7-19-21)17(23)20-9-15(22)16(10-20)26-13-5-3-4-12(8-13)18(24)25/h3-8,11,15-16,22H,9-10H2,1-2H3,(H,24,25)/t15-,16-/m1/s1. The fourth-order valence-corrected chi connectivity index (χ4v) is 2.97. The molecule has 1 aliphatic rings. The molecule has 1 aliphatic heterocycles. The number of carboxylic acid groups (broad SMARTS) is 1. The first-order valence-electron chi connectivity index (χ1n) is 8.37. The average molecular weight is 359 g/mol. The summed E-state index contributed by atoms with van der Waals surface area (Å²) in [7, 11) is 0. The van der Waals surface area contributed by atoms with Crippen molar-refractivity contribution < 1.29 is 24.5 Å². The molecule has 1 saturated heterocycles. The minimum Gasteiger partial charge on any atom is -0.486 e. The van der Waals surface area contributed by atoms with Crippen molar-refractivity contribution >= 4 is 11.9 Å². The van der Waals surface area contributed by atoms with Crippen molar-refractivity contribution in [2.75, 3.05) is 13.1 Å². The van der Waals surface area contributed by atoms with Crippen LogP contribution in [0.2, 0.25) is 0 Å². The minimum atomic E-state index is -1.05. The molecular formula is C18H21N3O5. The number of hydrogen-bond acceptors (Lipinski definition) is 5. The molecule has 2 N–H and O–H groups in total. The molecule has 0 saturated carbocycles. The van der Waals surface area contributed by atoms with Crippen LogP contribution in [0.5, 0.6) is 5.75 Å². The number of carbonyl (C=O) groups is 2. The Labute approximate surface area is 150 Å². The normalized spacial score (nSPS) is 19.8. The topological polar surface area (TPSA) is 105 Å². The molecule has 2 heterocycles. The molecule has 8 heteroatoms. The molecule has 8 nitrogen and oxygen atoms in total. The zero-order valence-corrected chi connectivity index (χ0v) is 14.6. The summed E-state index contributed by atoms with van der Waals surface area (Å²) in [5.74, 6) is -0.933. The number of β-amino-alcohol motifs (C(OH)–C–C–N with tert-alkyl or cyclic N) is 1. The fraction of sp³-hybridized carbons (Fsp3) is 0.389. The smallest absolute Gasteiger partial charge is 0.335 e. The molecule has 1 aromatic carbocycles. The molecule has 0 radical (unpaired) electrons. The Morgan fingerprint density at radius 2 is 2.04 bits per heavy atom. The van der Waals surface area contributed by atoms with Crippen LogP contribution in [0, 0.1) is 0 Å². The molecule has 0 aliphatic carbocycles. The van der Waals surface area contributed by atoms with Crippen LogP contribution in [0.25, 0.3) is 0 Å². The maximum Gasteiger partial charge on any atom is 0.335 e. The van der Waals surface area contributed by atoms with Crippen LogP contribution >= 0.6 is 0 Å². The summed E-state index contributed by atoms with van der Waals surface area (Å²) in [6.45, 7) is 4.22. The zero-order chi connectivity index (χ0) is 18.8. The molecule has 0 unspecified atom stereocenters. The number of aliphatic hydroxyl groups is 1. The minimum absolute atomic E-state index is 0.0438. The van der Waals surface area contributed by atoms with E-state index in [9.17, 15) is 14.7 Å². The largest absolute Gasteiger partial charge is 0.486 e. The molecule has 26 heavy (non-hydrogen) atoms. The molecule has 2 aromatic rings. The van der Waals surface area contributed by atoms with Gasteiger partial charge in [-0.1, -0.05) is 6.07 Å². The lowest BCUT2D eigenvalue weighted by atomic mass is 10.2. The zero-order valence-electron chi connectivity index (χ0n) is 14.6. The summed E-state index contributed by atoms with van der Waals surface area (Å²) in [6.07, 6.45) is 0.0896. The number of likely N-dealkylation sites (tertiary alicyclic amines) is 1. The van der Waals surface area contributed by atoms with Crippen molar-refractivity contribution in [2.45, 2.75) is 32.1 Å². The second-order valence-corrected chi connectivity index (χ2v) is 6.52. The molecular weight excluding hydrogens is 338 g/mol. The first-order valence-corrected chi connectivity index (χ1v) is 8.37. The monoisotopic (exact) mass is 359 g/mol. The first-order chi connectivity index (χ1) is 12.4. The number of hydrogen-bond donors (Lipinski definition) is 2. The Morgan fingerprint density at radius 1 is 1.27 bits per heavy atom. The predicted octanol–water partition coefficient (Wildman–Crippen LogP) is 1.43. The van der Waals surface area contributed by atoms with Gasteiger partial charge in [-0.15, -0.1) is 0 Å². The van der Waals surface area contributed by atoms with Crippen molar-refractivity contribution in [2.24, 2.45) is 0 Å². The highest BCUT2D eigenvalue weighted by molar-refractivity contribution is 5.93. The summed E-state index contributed by atoms with van der Waals surface area (Å²) in [5.41, 5.74) is 0.560. The molecule has 0 bridgehead atoms. The summed E-state index contributed by atoms with van der Waals surface area (Å²) in [4.78, 5) is 25.3. The second-order valence-electron chi connectivity index (χ2n) is 6.52. The van der Waals surface area contributed by atoms with Gasteiger partial charge in [0.2, 0.25) is 0 Å². The number of aromatic carboxylic acids is 1. The van der Waals surface area contributed by atoms with Crippen molar-refractivity contribution in [3.63, 3.8) is 0 Å². The van der Waals surface area contributed by atoms with E-state index in [1.54, 1.807) is 29.1 Å². The van der Waals surface area contributed by atoms with Crippen LogP contribution in [0.3, 0.4) is 0 Å². The highest BCUT2D eigenvalue weighted by Crippen LogP contribution is 2.22. The summed E-state index contributed by atoms with van der Waals surface area (Å²) >= 11 is 0. The number of benzene rings is 1. The number of ether oxygens (including phenoxy) is 1. The predicted molar refractivity (Wildman–Crippen MR) is 92.3 cm³/mol. The quantitative estimate of drug-likeness (QED) is 0.837. The van der Waals surface area contributed by atoms with Gasteiger partial charge in [0, 0.05) is 12.2 Å². The molecule has 0 spiro atoms. The van der Waals surface area contributed by atoms with Crippen LogP contribution < -0.4 is 4.74 Å². The van der Waals surface area contributed by atoms with E-state index < -0.39 is 18.2 Å². The lowest BCUT2D eigenvalue weighted by molar-refractivity contribution is 0.0686. The van der Waals surface area contributed by atoms with Crippen LogP contribution in [-0.2, 0) is 0 Å². The Bertz CT molecular complexity index is 817. The van der Waals surface area contributed by atoms with Gasteiger partial charge in [-0.05, 0) is 38.1 Å². The Balaban J connectivity index is 1.71.